The van der Waals surface area contributed by atoms with Crippen LogP contribution >= 0.6 is 15.9 Å². The molecule has 1 rings (SSSR count). The predicted octanol–water partition coefficient (Wildman–Crippen LogP) is 2.45. The number of hydrogen-bond donors (Lipinski definition) is 2. The highest BCUT2D eigenvalue weighted by Gasteiger charge is 2.12. The van der Waals surface area contributed by atoms with Crippen molar-refractivity contribution in [3.8, 4) is 0 Å². The fraction of sp³-hybridized carbons (Fsp3) is 0.462. The van der Waals surface area contributed by atoms with Gasteiger partial charge in [-0.15, -0.1) is 0 Å². The summed E-state index contributed by atoms with van der Waals surface area (Å²) >= 11 is 3.48. The minimum atomic E-state index is -0.190. The lowest BCUT2D eigenvalue weighted by Gasteiger charge is -2.16. The van der Waals surface area contributed by atoms with E-state index < -0.39 is 0 Å². The van der Waals surface area contributed by atoms with Gasteiger partial charge in [-0.2, -0.15) is 0 Å². The van der Waals surface area contributed by atoms with E-state index in [4.69, 9.17) is 0 Å². The van der Waals surface area contributed by atoms with E-state index in [1.165, 1.54) is 0 Å². The summed E-state index contributed by atoms with van der Waals surface area (Å²) in [7, 11) is 0. The van der Waals surface area contributed by atoms with E-state index in [0.29, 0.717) is 6.54 Å². The van der Waals surface area contributed by atoms with Gasteiger partial charge in [-0.3, -0.25) is 4.79 Å². The number of amides is 1. The van der Waals surface area contributed by atoms with Crippen LogP contribution in [-0.4, -0.2) is 18.0 Å². The van der Waals surface area contributed by atoms with Gasteiger partial charge >= 0.3 is 0 Å². The highest BCUT2D eigenvalue weighted by atomic mass is 79.9. The van der Waals surface area contributed by atoms with Gasteiger partial charge in [-0.25, -0.2) is 0 Å². The monoisotopic (exact) mass is 298 g/mol. The Balaban J connectivity index is 2.46. The highest BCUT2D eigenvalue weighted by Crippen LogP contribution is 2.15. The second-order valence-electron chi connectivity index (χ2n) is 4.36. The lowest BCUT2D eigenvalue weighted by Crippen LogP contribution is -2.44. The summed E-state index contributed by atoms with van der Waals surface area (Å²) in [6, 6.07) is 7.98. The van der Waals surface area contributed by atoms with Crippen LogP contribution < -0.4 is 10.6 Å². The molecule has 0 aromatic heterocycles. The normalized spacial score (nSPS) is 12.5. The minimum absolute atomic E-state index is 0.0343. The molecule has 1 atom stereocenters. The average Bonchev–Trinajstić information content (AvgIpc) is 2.26. The summed E-state index contributed by atoms with van der Waals surface area (Å²) in [5, 5.41) is 6.08. The van der Waals surface area contributed by atoms with E-state index in [9.17, 15) is 4.79 Å². The first kappa shape index (κ1) is 14.2. The number of nitrogens with one attached hydrogen (secondary N) is 2. The van der Waals surface area contributed by atoms with Crippen LogP contribution in [0.2, 0.25) is 0 Å². The lowest BCUT2D eigenvalue weighted by atomic mass is 10.2. The third kappa shape index (κ3) is 4.88. The zero-order valence-corrected chi connectivity index (χ0v) is 12.0. The van der Waals surface area contributed by atoms with Crippen molar-refractivity contribution in [3.05, 3.63) is 34.3 Å². The third-order valence-electron chi connectivity index (χ3n) is 2.38. The van der Waals surface area contributed by atoms with E-state index in [0.717, 1.165) is 10.0 Å². The van der Waals surface area contributed by atoms with E-state index in [-0.39, 0.29) is 18.0 Å². The molecule has 1 unspecified atom stereocenters. The summed E-state index contributed by atoms with van der Waals surface area (Å²) in [6.45, 7) is 6.46. The maximum atomic E-state index is 11.7. The molecular formula is C13H19BrN2O. The van der Waals surface area contributed by atoms with Crippen LogP contribution in [0.15, 0.2) is 28.7 Å². The van der Waals surface area contributed by atoms with Crippen molar-refractivity contribution in [2.45, 2.75) is 39.4 Å². The molecule has 1 aromatic carbocycles. The van der Waals surface area contributed by atoms with Gasteiger partial charge in [-0.1, -0.05) is 34.1 Å². The van der Waals surface area contributed by atoms with Crippen molar-refractivity contribution < 1.29 is 4.79 Å². The zero-order chi connectivity index (χ0) is 12.8. The molecule has 0 aliphatic carbocycles. The van der Waals surface area contributed by atoms with Crippen LogP contribution in [-0.2, 0) is 11.3 Å². The molecule has 0 aliphatic heterocycles. The number of carbonyl (C=O) groups is 1. The molecule has 0 saturated carbocycles. The number of rotatable bonds is 5. The summed E-state index contributed by atoms with van der Waals surface area (Å²) in [5.41, 5.74) is 1.15. The summed E-state index contributed by atoms with van der Waals surface area (Å²) in [4.78, 5) is 11.7. The third-order valence-corrected chi connectivity index (χ3v) is 3.15. The second-order valence-corrected chi connectivity index (χ2v) is 5.21. The van der Waals surface area contributed by atoms with Gasteiger partial charge in [0.25, 0.3) is 0 Å². The van der Waals surface area contributed by atoms with Gasteiger partial charge < -0.3 is 10.6 Å². The number of halogens is 1. The molecule has 0 fully saturated rings. The lowest BCUT2D eigenvalue weighted by molar-refractivity contribution is -0.123. The van der Waals surface area contributed by atoms with E-state index in [1.807, 2.05) is 45.0 Å². The first-order valence-corrected chi connectivity index (χ1v) is 6.57. The average molecular weight is 299 g/mol. The van der Waals surface area contributed by atoms with Crippen molar-refractivity contribution in [1.82, 2.24) is 10.6 Å². The van der Waals surface area contributed by atoms with Crippen LogP contribution in [0.1, 0.15) is 26.3 Å². The Morgan fingerprint density at radius 2 is 1.94 bits per heavy atom. The molecule has 0 saturated heterocycles. The quantitative estimate of drug-likeness (QED) is 0.877. The molecule has 3 nitrogen and oxygen atoms in total. The van der Waals surface area contributed by atoms with Gasteiger partial charge in [-0.05, 0) is 32.4 Å². The van der Waals surface area contributed by atoms with E-state index in [1.54, 1.807) is 0 Å². The van der Waals surface area contributed by atoms with Crippen molar-refractivity contribution in [3.63, 3.8) is 0 Å². The number of carbonyl (C=O) groups excluding carboxylic acids is 1. The molecule has 94 valence electrons. The van der Waals surface area contributed by atoms with Crippen LogP contribution in [0.4, 0.5) is 0 Å². The predicted molar refractivity (Wildman–Crippen MR) is 73.7 cm³/mol. The molecule has 0 radical (unpaired) electrons. The molecule has 0 spiro atoms. The van der Waals surface area contributed by atoms with Crippen molar-refractivity contribution in [2.24, 2.45) is 0 Å². The second kappa shape index (κ2) is 6.77. The van der Waals surface area contributed by atoms with Gasteiger partial charge in [0, 0.05) is 17.1 Å². The fourth-order valence-corrected chi connectivity index (χ4v) is 1.83. The standard InChI is InChI=1S/C13H19BrN2O/c1-9(2)16-13(17)10(3)15-8-11-6-4-5-7-12(11)14/h4-7,9-10,15H,8H2,1-3H3,(H,16,17). The Labute approximate surface area is 111 Å². The summed E-state index contributed by atoms with van der Waals surface area (Å²) < 4.78 is 1.06. The van der Waals surface area contributed by atoms with Crippen molar-refractivity contribution in [1.29, 1.82) is 0 Å². The highest BCUT2D eigenvalue weighted by molar-refractivity contribution is 9.10. The number of benzene rings is 1. The summed E-state index contributed by atoms with van der Waals surface area (Å²) in [6.07, 6.45) is 0. The Morgan fingerprint density at radius 1 is 1.29 bits per heavy atom. The first-order valence-electron chi connectivity index (χ1n) is 5.78. The molecule has 1 amide bonds. The molecule has 1 aromatic rings. The SMILES string of the molecule is CC(C)NC(=O)C(C)NCc1ccccc1Br. The molecule has 4 heteroatoms. The van der Waals surface area contributed by atoms with Crippen LogP contribution in [0, 0.1) is 0 Å². The van der Waals surface area contributed by atoms with Gasteiger partial charge in [0.15, 0.2) is 0 Å². The van der Waals surface area contributed by atoms with Crippen LogP contribution in [0.3, 0.4) is 0 Å². The Hall–Kier alpha value is -0.870. The Morgan fingerprint density at radius 3 is 2.53 bits per heavy atom. The minimum Gasteiger partial charge on any atom is -0.353 e. The van der Waals surface area contributed by atoms with Crippen molar-refractivity contribution in [2.75, 3.05) is 0 Å². The van der Waals surface area contributed by atoms with Crippen LogP contribution in [0.5, 0.6) is 0 Å². The maximum absolute atomic E-state index is 11.7. The molecule has 17 heavy (non-hydrogen) atoms. The van der Waals surface area contributed by atoms with Gasteiger partial charge in [0.1, 0.15) is 0 Å². The summed E-state index contributed by atoms with van der Waals surface area (Å²) in [5.74, 6) is 0.0343. The Bertz CT molecular complexity index is 379. The topological polar surface area (TPSA) is 41.1 Å². The van der Waals surface area contributed by atoms with Gasteiger partial charge in [0.05, 0.1) is 6.04 Å². The molecular weight excluding hydrogens is 280 g/mol. The molecule has 0 bridgehead atoms. The van der Waals surface area contributed by atoms with Crippen LogP contribution in [0.25, 0.3) is 0 Å². The van der Waals surface area contributed by atoms with Crippen molar-refractivity contribution >= 4 is 21.8 Å². The van der Waals surface area contributed by atoms with Gasteiger partial charge in [0.2, 0.25) is 5.91 Å². The zero-order valence-electron chi connectivity index (χ0n) is 10.5. The Kier molecular flexibility index (Phi) is 5.65. The maximum Gasteiger partial charge on any atom is 0.237 e. The molecule has 0 heterocycles. The van der Waals surface area contributed by atoms with E-state index in [2.05, 4.69) is 26.6 Å². The number of hydrogen-bond acceptors (Lipinski definition) is 2. The molecule has 0 aliphatic rings. The fourth-order valence-electron chi connectivity index (χ4n) is 1.41. The first-order chi connectivity index (χ1) is 8.00. The molecule has 2 N–H and O–H groups in total. The largest absolute Gasteiger partial charge is 0.353 e. The smallest absolute Gasteiger partial charge is 0.237 e. The van der Waals surface area contributed by atoms with E-state index >= 15 is 0 Å².